The molecule has 0 radical (unpaired) electrons. The lowest BCUT2D eigenvalue weighted by Crippen LogP contribution is -2.25. The number of benzene rings is 1. The summed E-state index contributed by atoms with van der Waals surface area (Å²) in [7, 11) is -3.26. The van der Waals surface area contributed by atoms with Gasteiger partial charge in [-0.3, -0.25) is 10.1 Å². The Hall–Kier alpha value is -2.72. The van der Waals surface area contributed by atoms with Gasteiger partial charge in [-0.1, -0.05) is 23.7 Å². The second-order valence-corrected chi connectivity index (χ2v) is 6.89. The number of esters is 1. The number of nitrogens with one attached hydrogen (secondary N) is 1. The molecule has 0 aliphatic carbocycles. The van der Waals surface area contributed by atoms with Crippen molar-refractivity contribution in [2.75, 3.05) is 19.0 Å². The number of carbonyl (C=O) groups excluding carboxylic acids is 2. The summed E-state index contributed by atoms with van der Waals surface area (Å²) in [5.74, 6) is -1.19. The fourth-order valence-electron chi connectivity index (χ4n) is 1.89. The summed E-state index contributed by atoms with van der Waals surface area (Å²) < 4.78 is 34.8. The normalized spacial score (nSPS) is 10.9. The third-order valence-corrected chi connectivity index (χ3v) is 4.73. The molecule has 1 aromatic heterocycles. The van der Waals surface area contributed by atoms with Crippen molar-refractivity contribution in [3.05, 3.63) is 41.0 Å². The Labute approximate surface area is 154 Å². The van der Waals surface area contributed by atoms with E-state index in [2.05, 4.69) is 9.97 Å². The van der Waals surface area contributed by atoms with E-state index in [4.69, 9.17) is 21.1 Å². The Bertz CT molecular complexity index is 948. The number of amides is 1. The van der Waals surface area contributed by atoms with E-state index >= 15 is 0 Å². The van der Waals surface area contributed by atoms with Crippen LogP contribution in [0.4, 0.5) is 10.7 Å². The summed E-state index contributed by atoms with van der Waals surface area (Å²) >= 11 is 5.75. The number of hydrogen-bond donors (Lipinski definition) is 1. The maximum Gasteiger partial charge on any atom is 0.348 e. The van der Waals surface area contributed by atoms with Gasteiger partial charge in [-0.25, -0.2) is 18.2 Å². The molecule has 0 aliphatic heterocycles. The van der Waals surface area contributed by atoms with Crippen molar-refractivity contribution in [1.29, 1.82) is 0 Å². The summed E-state index contributed by atoms with van der Waals surface area (Å²) in [4.78, 5) is 31.2. The molecule has 11 heteroatoms. The van der Waals surface area contributed by atoms with Gasteiger partial charge in [0.2, 0.25) is 11.8 Å². The number of anilines is 1. The summed E-state index contributed by atoms with van der Waals surface area (Å²) in [6.45, 7) is 1.63. The molecule has 0 fully saturated rings. The maximum atomic E-state index is 12.6. The molecule has 1 amide bonds. The van der Waals surface area contributed by atoms with Gasteiger partial charge in [0.25, 0.3) is 9.84 Å². The van der Waals surface area contributed by atoms with Gasteiger partial charge in [-0.15, -0.1) is 0 Å². The molecule has 2 rings (SSSR count). The van der Waals surface area contributed by atoms with E-state index in [1.54, 1.807) is 6.92 Å². The van der Waals surface area contributed by atoms with Gasteiger partial charge in [-0.2, -0.15) is 4.98 Å². The lowest BCUT2D eigenvalue weighted by atomic mass is 10.2. The number of sulfone groups is 1. The van der Waals surface area contributed by atoms with Gasteiger partial charge in [-0.05, 0) is 19.1 Å². The molecule has 0 saturated carbocycles. The molecule has 0 saturated heterocycles. The Kier molecular flexibility index (Phi) is 6.11. The molecule has 0 unspecified atom stereocenters. The second-order valence-electron chi connectivity index (χ2n) is 4.69. The number of ether oxygens (including phenoxy) is 2. The highest BCUT2D eigenvalue weighted by atomic mass is 35.5. The molecule has 0 spiro atoms. The van der Waals surface area contributed by atoms with Crippen LogP contribution < -0.4 is 10.1 Å². The third kappa shape index (κ3) is 4.27. The van der Waals surface area contributed by atoms with Crippen molar-refractivity contribution in [2.24, 2.45) is 0 Å². The van der Waals surface area contributed by atoms with E-state index in [-0.39, 0.29) is 29.2 Å². The van der Waals surface area contributed by atoms with E-state index in [0.717, 1.165) is 6.07 Å². The molecule has 138 valence electrons. The van der Waals surface area contributed by atoms with Crippen LogP contribution in [0, 0.1) is 0 Å². The first kappa shape index (κ1) is 19.6. The minimum Gasteiger partial charge on any atom is -0.481 e. The number of nitrogens with zero attached hydrogens (tertiary/aromatic N) is 2. The van der Waals surface area contributed by atoms with Gasteiger partial charge in [0.05, 0.1) is 24.2 Å². The van der Waals surface area contributed by atoms with Crippen molar-refractivity contribution in [1.82, 2.24) is 9.97 Å². The van der Waals surface area contributed by atoms with Crippen LogP contribution in [0.2, 0.25) is 5.15 Å². The van der Waals surface area contributed by atoms with Crippen LogP contribution in [0.3, 0.4) is 0 Å². The smallest absolute Gasteiger partial charge is 0.348 e. The predicted octanol–water partition coefficient (Wildman–Crippen LogP) is 2.32. The van der Waals surface area contributed by atoms with Crippen LogP contribution in [0.5, 0.6) is 5.88 Å². The average molecular weight is 400 g/mol. The van der Waals surface area contributed by atoms with Gasteiger partial charge in [0, 0.05) is 6.07 Å². The molecule has 0 aliphatic rings. The number of halogens is 1. The molecule has 1 heterocycles. The second kappa shape index (κ2) is 8.11. The molecule has 1 N–H and O–H groups in total. The maximum absolute atomic E-state index is 12.6. The molecule has 9 nitrogen and oxygen atoms in total. The number of aromatic nitrogens is 2. The first-order valence-electron chi connectivity index (χ1n) is 7.20. The quantitative estimate of drug-likeness (QED) is 0.599. The monoisotopic (exact) mass is 399 g/mol. The Morgan fingerprint density at radius 1 is 1.23 bits per heavy atom. The van der Waals surface area contributed by atoms with Crippen molar-refractivity contribution < 1.29 is 27.5 Å². The number of hydrogen-bond acceptors (Lipinski definition) is 8. The number of methoxy groups -OCH3 is 1. The van der Waals surface area contributed by atoms with E-state index in [0.29, 0.717) is 0 Å². The predicted molar refractivity (Wildman–Crippen MR) is 92.2 cm³/mol. The first-order chi connectivity index (χ1) is 12.3. The van der Waals surface area contributed by atoms with Crippen molar-refractivity contribution in [3.63, 3.8) is 0 Å². The SMILES string of the molecule is CCOC(=O)c1ccccc1S(=O)(=O)C(=O)Nc1nc(Cl)cc(OC)n1. The van der Waals surface area contributed by atoms with Crippen molar-refractivity contribution >= 4 is 38.6 Å². The summed E-state index contributed by atoms with van der Waals surface area (Å²) in [6.07, 6.45) is 0. The minimum absolute atomic E-state index is 0.0321. The lowest BCUT2D eigenvalue weighted by molar-refractivity contribution is 0.0522. The molecular formula is C15H14ClN3O6S. The fraction of sp³-hybridized carbons (Fsp3) is 0.200. The van der Waals surface area contributed by atoms with Gasteiger partial charge in [0.15, 0.2) is 0 Å². The highest BCUT2D eigenvalue weighted by Crippen LogP contribution is 2.21. The lowest BCUT2D eigenvalue weighted by Gasteiger charge is -2.10. The standard InChI is InChI=1S/C15H14ClN3O6S/c1-3-25-13(20)9-6-4-5-7-10(9)26(22,23)15(21)19-14-17-11(16)8-12(18-14)24-2/h4-8H,3H2,1-2H3,(H,17,18,19,21). The Morgan fingerprint density at radius 3 is 2.58 bits per heavy atom. The van der Waals surface area contributed by atoms with Crippen LogP contribution in [0.15, 0.2) is 35.2 Å². The average Bonchev–Trinajstić information content (AvgIpc) is 2.61. The zero-order valence-electron chi connectivity index (χ0n) is 13.7. The van der Waals surface area contributed by atoms with E-state index in [9.17, 15) is 18.0 Å². The zero-order chi connectivity index (χ0) is 19.3. The van der Waals surface area contributed by atoms with Gasteiger partial charge >= 0.3 is 11.2 Å². The van der Waals surface area contributed by atoms with Gasteiger partial charge in [0.1, 0.15) is 5.15 Å². The summed E-state index contributed by atoms with van der Waals surface area (Å²) in [5.41, 5.74) is -0.255. The van der Waals surface area contributed by atoms with Crippen LogP contribution in [-0.2, 0) is 14.6 Å². The van der Waals surface area contributed by atoms with Crippen molar-refractivity contribution in [3.8, 4) is 5.88 Å². The minimum atomic E-state index is -4.58. The van der Waals surface area contributed by atoms with Gasteiger partial charge < -0.3 is 9.47 Å². The summed E-state index contributed by atoms with van der Waals surface area (Å²) in [6, 6.07) is 6.48. The van der Waals surface area contributed by atoms with Crippen LogP contribution in [0.25, 0.3) is 0 Å². The zero-order valence-corrected chi connectivity index (χ0v) is 15.3. The largest absolute Gasteiger partial charge is 0.481 e. The third-order valence-electron chi connectivity index (χ3n) is 3.01. The topological polar surface area (TPSA) is 125 Å². The number of carbonyl (C=O) groups is 2. The van der Waals surface area contributed by atoms with Crippen LogP contribution in [0.1, 0.15) is 17.3 Å². The molecular weight excluding hydrogens is 386 g/mol. The van der Waals surface area contributed by atoms with Crippen LogP contribution in [-0.4, -0.2) is 43.3 Å². The molecule has 0 bridgehead atoms. The summed E-state index contributed by atoms with van der Waals surface area (Å²) in [5, 5.41) is 0.538. The van der Waals surface area contributed by atoms with E-state index in [1.165, 1.54) is 31.4 Å². The Morgan fingerprint density at radius 2 is 1.92 bits per heavy atom. The fourth-order valence-corrected chi connectivity index (χ4v) is 3.19. The van der Waals surface area contributed by atoms with Crippen molar-refractivity contribution in [2.45, 2.75) is 11.8 Å². The number of rotatable bonds is 5. The van der Waals surface area contributed by atoms with Crippen LogP contribution >= 0.6 is 11.6 Å². The highest BCUT2D eigenvalue weighted by molar-refractivity contribution is 8.06. The molecule has 0 atom stereocenters. The molecule has 1 aromatic carbocycles. The van der Waals surface area contributed by atoms with E-state index in [1.807, 2.05) is 5.32 Å². The highest BCUT2D eigenvalue weighted by Gasteiger charge is 2.30. The molecule has 2 aromatic rings. The van der Waals surface area contributed by atoms with E-state index < -0.39 is 25.9 Å². The first-order valence-corrected chi connectivity index (χ1v) is 9.06. The molecule has 26 heavy (non-hydrogen) atoms. The Balaban J connectivity index is 2.38.